The molecule has 0 atom stereocenters. The molecule has 0 aromatic heterocycles. The fourth-order valence-corrected chi connectivity index (χ4v) is 1.75. The minimum absolute atomic E-state index is 0. The van der Waals surface area contributed by atoms with Crippen LogP contribution in [0.4, 0.5) is 0 Å². The summed E-state index contributed by atoms with van der Waals surface area (Å²) in [6, 6.07) is 0. The van der Waals surface area contributed by atoms with Gasteiger partial charge >= 0.3 is 51.4 Å². The average Bonchev–Trinajstić information content (AvgIpc) is 2.25. The third-order valence-corrected chi connectivity index (χ3v) is 2.73. The molecule has 0 saturated carbocycles. The molecule has 0 aliphatic carbocycles. The van der Waals surface area contributed by atoms with Crippen LogP contribution >= 0.6 is 0 Å². The smallest absolute Gasteiger partial charge is 0.545 e. The van der Waals surface area contributed by atoms with Crippen molar-refractivity contribution < 1.29 is 61.3 Å². The van der Waals surface area contributed by atoms with Crippen molar-refractivity contribution in [2.24, 2.45) is 0 Å². The van der Waals surface area contributed by atoms with E-state index in [1.807, 2.05) is 0 Å². The van der Waals surface area contributed by atoms with Gasteiger partial charge in [-0.25, -0.2) is 0 Å². The molecule has 17 heavy (non-hydrogen) atoms. The van der Waals surface area contributed by atoms with Crippen LogP contribution in [0.5, 0.6) is 0 Å². The molecule has 0 heterocycles. The Morgan fingerprint density at radius 3 is 1.88 bits per heavy atom. The van der Waals surface area contributed by atoms with E-state index >= 15 is 0 Å². The standard InChI is InChI=1S/C14H26O2.K/c1-2-3-4-5-6-7-8-9-10-11-12-13-14(15)16;/h12-13H,2-11H2,1H3,(H,15,16);/q;+1/p-1. The Kier molecular flexibility index (Phi) is 20.0. The van der Waals surface area contributed by atoms with Crippen LogP contribution in [0.2, 0.25) is 0 Å². The number of hydrogen-bond acceptors (Lipinski definition) is 2. The number of unbranched alkanes of at least 4 members (excludes halogenated alkanes) is 9. The monoisotopic (exact) mass is 264 g/mol. The van der Waals surface area contributed by atoms with E-state index in [0.29, 0.717) is 0 Å². The van der Waals surface area contributed by atoms with Crippen molar-refractivity contribution in [1.29, 1.82) is 0 Å². The number of rotatable bonds is 11. The second-order valence-electron chi connectivity index (χ2n) is 4.34. The Morgan fingerprint density at radius 1 is 0.941 bits per heavy atom. The van der Waals surface area contributed by atoms with Gasteiger partial charge in [0.25, 0.3) is 0 Å². The van der Waals surface area contributed by atoms with Gasteiger partial charge in [-0.1, -0.05) is 64.4 Å². The molecule has 2 nitrogen and oxygen atoms in total. The van der Waals surface area contributed by atoms with E-state index in [2.05, 4.69) is 6.92 Å². The maximum atomic E-state index is 10.1. The molecule has 0 aromatic carbocycles. The maximum absolute atomic E-state index is 10.1. The van der Waals surface area contributed by atoms with Crippen LogP contribution in [0, 0.1) is 0 Å². The zero-order valence-corrected chi connectivity index (χ0v) is 14.7. The number of carboxylic acids is 1. The van der Waals surface area contributed by atoms with Crippen molar-refractivity contribution >= 4 is 5.97 Å². The third-order valence-electron chi connectivity index (χ3n) is 2.73. The summed E-state index contributed by atoms with van der Waals surface area (Å²) in [7, 11) is 0. The molecule has 0 bridgehead atoms. The second kappa shape index (κ2) is 16.8. The quantitative estimate of drug-likeness (QED) is 0.304. The van der Waals surface area contributed by atoms with Crippen LogP contribution < -0.4 is 56.5 Å². The fraction of sp³-hybridized carbons (Fsp3) is 0.786. The van der Waals surface area contributed by atoms with E-state index < -0.39 is 5.97 Å². The van der Waals surface area contributed by atoms with E-state index in [1.165, 1.54) is 51.4 Å². The van der Waals surface area contributed by atoms with Crippen LogP contribution in [-0.4, -0.2) is 5.97 Å². The first-order chi connectivity index (χ1) is 7.77. The number of hydrogen-bond donors (Lipinski definition) is 0. The first kappa shape index (κ1) is 20.2. The summed E-state index contributed by atoms with van der Waals surface area (Å²) >= 11 is 0. The molecule has 94 valence electrons. The zero-order chi connectivity index (χ0) is 12.1. The molecule has 0 rings (SSSR count). The van der Waals surface area contributed by atoms with Crippen LogP contribution in [0.15, 0.2) is 12.2 Å². The van der Waals surface area contributed by atoms with E-state index in [4.69, 9.17) is 0 Å². The van der Waals surface area contributed by atoms with Gasteiger partial charge in [-0.2, -0.15) is 0 Å². The van der Waals surface area contributed by atoms with Crippen LogP contribution in [0.25, 0.3) is 0 Å². The van der Waals surface area contributed by atoms with E-state index in [-0.39, 0.29) is 51.4 Å². The van der Waals surface area contributed by atoms with Crippen molar-refractivity contribution in [3.63, 3.8) is 0 Å². The number of aliphatic carboxylic acids is 1. The van der Waals surface area contributed by atoms with Crippen LogP contribution in [0.1, 0.15) is 71.1 Å². The van der Waals surface area contributed by atoms with Gasteiger partial charge in [0.1, 0.15) is 0 Å². The number of carbonyl (C=O) groups is 1. The van der Waals surface area contributed by atoms with E-state index in [0.717, 1.165) is 18.9 Å². The van der Waals surface area contributed by atoms with Crippen molar-refractivity contribution in [3.05, 3.63) is 12.2 Å². The van der Waals surface area contributed by atoms with Gasteiger partial charge in [0, 0.05) is 0 Å². The average molecular weight is 264 g/mol. The summed E-state index contributed by atoms with van der Waals surface area (Å²) < 4.78 is 0. The minimum Gasteiger partial charge on any atom is -0.545 e. The SMILES string of the molecule is CCCCCCCCCCCC=CC(=O)[O-].[K+]. The van der Waals surface area contributed by atoms with Crippen LogP contribution in [0.3, 0.4) is 0 Å². The van der Waals surface area contributed by atoms with Gasteiger partial charge in [0.2, 0.25) is 0 Å². The Balaban J connectivity index is 0. The van der Waals surface area contributed by atoms with Gasteiger partial charge in [-0.05, 0) is 18.9 Å². The molecule has 3 heteroatoms. The van der Waals surface area contributed by atoms with Gasteiger partial charge in [-0.3, -0.25) is 0 Å². The fourth-order valence-electron chi connectivity index (χ4n) is 1.75. The molecule has 0 aliphatic heterocycles. The largest absolute Gasteiger partial charge is 1.00 e. The normalized spacial score (nSPS) is 10.4. The van der Waals surface area contributed by atoms with E-state index in [9.17, 15) is 9.90 Å². The van der Waals surface area contributed by atoms with Gasteiger partial charge in [-0.15, -0.1) is 0 Å². The van der Waals surface area contributed by atoms with Crippen molar-refractivity contribution in [2.75, 3.05) is 0 Å². The molecule has 0 unspecified atom stereocenters. The Morgan fingerprint density at radius 2 is 1.41 bits per heavy atom. The molecule has 0 aliphatic rings. The summed E-state index contributed by atoms with van der Waals surface area (Å²) in [5.41, 5.74) is 0. The molecule has 0 radical (unpaired) electrons. The first-order valence-electron chi connectivity index (χ1n) is 6.65. The Labute approximate surface area is 149 Å². The zero-order valence-electron chi connectivity index (χ0n) is 11.5. The summed E-state index contributed by atoms with van der Waals surface area (Å²) in [5.74, 6) is -1.09. The topological polar surface area (TPSA) is 40.1 Å². The van der Waals surface area contributed by atoms with Crippen molar-refractivity contribution in [1.82, 2.24) is 0 Å². The predicted molar refractivity (Wildman–Crippen MR) is 66.0 cm³/mol. The first-order valence-corrected chi connectivity index (χ1v) is 6.65. The van der Waals surface area contributed by atoms with Gasteiger partial charge in [0.15, 0.2) is 0 Å². The minimum atomic E-state index is -1.09. The Hall–Kier alpha value is 0.846. The third kappa shape index (κ3) is 19.4. The predicted octanol–water partition coefficient (Wildman–Crippen LogP) is 0.217. The Bertz CT molecular complexity index is 191. The molecule has 0 amide bonds. The summed E-state index contributed by atoms with van der Waals surface area (Å²) in [6.45, 7) is 2.24. The molecular formula is C14H25KO2. The van der Waals surface area contributed by atoms with Crippen LogP contribution in [-0.2, 0) is 4.79 Å². The molecule has 0 aromatic rings. The van der Waals surface area contributed by atoms with E-state index in [1.54, 1.807) is 6.08 Å². The second-order valence-corrected chi connectivity index (χ2v) is 4.34. The van der Waals surface area contributed by atoms with Gasteiger partial charge in [0.05, 0.1) is 5.97 Å². The molecule has 0 spiro atoms. The summed E-state index contributed by atoms with van der Waals surface area (Å²) in [4.78, 5) is 10.1. The maximum Gasteiger partial charge on any atom is 1.00 e. The number of carbonyl (C=O) groups excluding carboxylic acids is 1. The molecular weight excluding hydrogens is 239 g/mol. The summed E-state index contributed by atoms with van der Waals surface area (Å²) in [5, 5.41) is 10.1. The molecule has 0 saturated heterocycles. The van der Waals surface area contributed by atoms with Crippen molar-refractivity contribution in [3.8, 4) is 0 Å². The van der Waals surface area contributed by atoms with Gasteiger partial charge < -0.3 is 9.90 Å². The molecule has 0 fully saturated rings. The van der Waals surface area contributed by atoms with Crippen molar-refractivity contribution in [2.45, 2.75) is 71.1 Å². The number of allylic oxidation sites excluding steroid dienone is 1. The molecule has 0 N–H and O–H groups in total. The number of carboxylic acid groups (broad SMARTS) is 1. The summed E-state index contributed by atoms with van der Waals surface area (Å²) in [6.07, 6.45) is 15.4.